The summed E-state index contributed by atoms with van der Waals surface area (Å²) >= 11 is 0. The largest absolute Gasteiger partial charge is 0.463 e. The Morgan fingerprint density at radius 3 is 0.918 bits per heavy atom. The second-order valence-corrected chi connectivity index (χ2v) is 15.7. The first-order chi connectivity index (χ1) is 24.0. The monoisotopic (exact) mass is 695 g/mol. The zero-order valence-corrected chi connectivity index (χ0v) is 33.4. The second-order valence-electron chi connectivity index (χ2n) is 15.7. The van der Waals surface area contributed by atoms with Crippen molar-refractivity contribution in [2.24, 2.45) is 5.92 Å². The summed E-state index contributed by atoms with van der Waals surface area (Å²) in [5, 5.41) is 10.0. The van der Waals surface area contributed by atoms with Crippen molar-refractivity contribution in [3.63, 3.8) is 0 Å². The van der Waals surface area contributed by atoms with Gasteiger partial charge in [0, 0.05) is 12.8 Å². The first-order valence-corrected chi connectivity index (χ1v) is 21.9. The number of hydrogen-bond donors (Lipinski definition) is 1. The lowest BCUT2D eigenvalue weighted by Crippen LogP contribution is -2.25. The molecule has 1 N–H and O–H groups in total. The molecular weight excluding hydrogens is 608 g/mol. The summed E-state index contributed by atoms with van der Waals surface area (Å²) in [5.41, 5.74) is 0. The molecule has 0 saturated carbocycles. The highest BCUT2D eigenvalue weighted by Gasteiger charge is 2.12. The third kappa shape index (κ3) is 41.2. The smallest absolute Gasteiger partial charge is 0.305 e. The van der Waals surface area contributed by atoms with Gasteiger partial charge in [-0.15, -0.1) is 0 Å². The number of unbranched alkanes of at least 4 members (excludes halogenated alkanes) is 30. The maximum Gasteiger partial charge on any atom is 0.305 e. The van der Waals surface area contributed by atoms with E-state index in [2.05, 4.69) is 20.8 Å². The van der Waals surface area contributed by atoms with E-state index >= 15 is 0 Å². The van der Waals surface area contributed by atoms with Crippen molar-refractivity contribution in [3.8, 4) is 0 Å². The third-order valence-corrected chi connectivity index (χ3v) is 10.0. The number of hydrogen-bond acceptors (Lipinski definition) is 5. The maximum atomic E-state index is 12.0. The molecule has 0 unspecified atom stereocenters. The minimum atomic E-state index is -0.956. The lowest BCUT2D eigenvalue weighted by molar-refractivity contribution is -0.152. The van der Waals surface area contributed by atoms with E-state index < -0.39 is 6.10 Å². The molecule has 0 spiro atoms. The van der Waals surface area contributed by atoms with Gasteiger partial charge in [0.2, 0.25) is 0 Å². The van der Waals surface area contributed by atoms with Crippen molar-refractivity contribution in [1.29, 1.82) is 0 Å². The molecule has 0 fully saturated rings. The fourth-order valence-corrected chi connectivity index (χ4v) is 6.68. The number of ether oxygens (including phenoxy) is 2. The number of carbonyl (C=O) groups is 2. The van der Waals surface area contributed by atoms with E-state index in [1.54, 1.807) is 0 Å². The fraction of sp³-hybridized carbons (Fsp3) is 0.955. The molecule has 0 aliphatic heterocycles. The molecule has 0 aromatic heterocycles. The normalized spacial score (nSPS) is 12.1. The topological polar surface area (TPSA) is 72.8 Å². The van der Waals surface area contributed by atoms with Crippen LogP contribution in [0.1, 0.15) is 245 Å². The van der Waals surface area contributed by atoms with Crippen LogP contribution >= 0.6 is 0 Å². The van der Waals surface area contributed by atoms with Crippen LogP contribution in [0.25, 0.3) is 0 Å². The Hall–Kier alpha value is -1.10. The summed E-state index contributed by atoms with van der Waals surface area (Å²) in [5.74, 6) is 0.300. The molecule has 0 aromatic rings. The number of esters is 2. The lowest BCUT2D eigenvalue weighted by atomic mass is 10.0. The Morgan fingerprint density at radius 1 is 0.408 bits per heavy atom. The SMILES string of the molecule is CCCCCCCCCCCCCCCCCCCCCC(=O)OC[C@H](O)COC(=O)CCCCCCCCCCCCCCCC(C)C. The summed E-state index contributed by atoms with van der Waals surface area (Å²) in [4.78, 5) is 24.0. The summed E-state index contributed by atoms with van der Waals surface area (Å²) in [6, 6.07) is 0. The lowest BCUT2D eigenvalue weighted by Gasteiger charge is -2.12. The van der Waals surface area contributed by atoms with Crippen LogP contribution in [0.5, 0.6) is 0 Å². The van der Waals surface area contributed by atoms with E-state index in [0.717, 1.165) is 31.6 Å². The molecule has 0 bridgehead atoms. The van der Waals surface area contributed by atoms with Crippen molar-refractivity contribution in [1.82, 2.24) is 0 Å². The Bertz CT molecular complexity index is 678. The molecule has 0 aliphatic carbocycles. The van der Waals surface area contributed by atoms with Crippen LogP contribution in [-0.2, 0) is 19.1 Å². The van der Waals surface area contributed by atoms with E-state index in [1.165, 1.54) is 186 Å². The molecule has 0 radical (unpaired) electrons. The van der Waals surface area contributed by atoms with Crippen molar-refractivity contribution < 1.29 is 24.2 Å². The minimum Gasteiger partial charge on any atom is -0.463 e. The maximum absolute atomic E-state index is 12.0. The summed E-state index contributed by atoms with van der Waals surface area (Å²) in [6.07, 6.45) is 43.1. The first kappa shape index (κ1) is 47.9. The zero-order chi connectivity index (χ0) is 35.9. The van der Waals surface area contributed by atoms with Crippen LogP contribution in [0, 0.1) is 5.92 Å². The number of carbonyl (C=O) groups excluding carboxylic acids is 2. The Balaban J connectivity index is 3.36. The van der Waals surface area contributed by atoms with Crippen LogP contribution in [0.2, 0.25) is 0 Å². The van der Waals surface area contributed by atoms with Crippen LogP contribution in [0.3, 0.4) is 0 Å². The van der Waals surface area contributed by atoms with Crippen molar-refractivity contribution >= 4 is 11.9 Å². The predicted molar refractivity (Wildman–Crippen MR) is 210 cm³/mol. The van der Waals surface area contributed by atoms with Gasteiger partial charge in [0.05, 0.1) is 0 Å². The van der Waals surface area contributed by atoms with Gasteiger partial charge in [-0.05, 0) is 18.8 Å². The highest BCUT2D eigenvalue weighted by Crippen LogP contribution is 2.16. The average Bonchev–Trinajstić information content (AvgIpc) is 3.08. The van der Waals surface area contributed by atoms with Gasteiger partial charge < -0.3 is 14.6 Å². The number of aliphatic hydroxyl groups is 1. The van der Waals surface area contributed by atoms with Gasteiger partial charge in [-0.1, -0.05) is 220 Å². The molecule has 1 atom stereocenters. The van der Waals surface area contributed by atoms with Crippen molar-refractivity contribution in [2.45, 2.75) is 252 Å². The molecule has 0 aromatic carbocycles. The van der Waals surface area contributed by atoms with E-state index in [1.807, 2.05) is 0 Å². The molecule has 5 heteroatoms. The fourth-order valence-electron chi connectivity index (χ4n) is 6.68. The van der Waals surface area contributed by atoms with E-state index in [0.29, 0.717) is 12.8 Å². The van der Waals surface area contributed by atoms with Crippen molar-refractivity contribution in [3.05, 3.63) is 0 Å². The van der Waals surface area contributed by atoms with Gasteiger partial charge in [0.1, 0.15) is 19.3 Å². The highest BCUT2D eigenvalue weighted by molar-refractivity contribution is 5.69. The molecule has 0 amide bonds. The number of aliphatic hydroxyl groups excluding tert-OH is 1. The molecular formula is C44H86O5. The Labute approximate surface area is 306 Å². The van der Waals surface area contributed by atoms with Gasteiger partial charge in [-0.3, -0.25) is 9.59 Å². The molecule has 0 heterocycles. The van der Waals surface area contributed by atoms with Gasteiger partial charge >= 0.3 is 11.9 Å². The highest BCUT2D eigenvalue weighted by atomic mass is 16.6. The van der Waals surface area contributed by atoms with Crippen LogP contribution in [0.4, 0.5) is 0 Å². The van der Waals surface area contributed by atoms with Crippen molar-refractivity contribution in [2.75, 3.05) is 13.2 Å². The molecule has 0 rings (SSSR count). The van der Waals surface area contributed by atoms with Gasteiger partial charge in [-0.25, -0.2) is 0 Å². The van der Waals surface area contributed by atoms with E-state index in [9.17, 15) is 14.7 Å². The summed E-state index contributed by atoms with van der Waals surface area (Å²) in [7, 11) is 0. The van der Waals surface area contributed by atoms with Gasteiger partial charge in [0.25, 0.3) is 0 Å². The molecule has 0 saturated heterocycles. The third-order valence-electron chi connectivity index (χ3n) is 10.0. The predicted octanol–water partition coefficient (Wildman–Crippen LogP) is 13.8. The minimum absolute atomic E-state index is 0.108. The number of rotatable bonds is 40. The van der Waals surface area contributed by atoms with Gasteiger partial charge in [0.15, 0.2) is 0 Å². The first-order valence-electron chi connectivity index (χ1n) is 21.9. The Kier molecular flexibility index (Phi) is 38.8. The zero-order valence-electron chi connectivity index (χ0n) is 33.4. The van der Waals surface area contributed by atoms with E-state index in [-0.39, 0.29) is 25.2 Å². The van der Waals surface area contributed by atoms with Crippen LogP contribution in [-0.4, -0.2) is 36.4 Å². The van der Waals surface area contributed by atoms with E-state index in [4.69, 9.17) is 9.47 Å². The van der Waals surface area contributed by atoms with Crippen LogP contribution < -0.4 is 0 Å². The standard InChI is InChI=1S/C44H86O5/c1-4-5-6-7-8-9-10-11-12-13-14-15-16-19-22-25-28-31-34-37-43(46)48-39-42(45)40-49-44(47)38-35-32-29-26-23-20-17-18-21-24-27-30-33-36-41(2)3/h41-42,45H,4-40H2,1-3H3/t42-/m0/s1. The van der Waals surface area contributed by atoms with Crippen LogP contribution in [0.15, 0.2) is 0 Å². The molecule has 49 heavy (non-hydrogen) atoms. The molecule has 0 aliphatic rings. The average molecular weight is 695 g/mol. The Morgan fingerprint density at radius 2 is 0.653 bits per heavy atom. The molecule has 292 valence electrons. The summed E-state index contributed by atoms with van der Waals surface area (Å²) < 4.78 is 10.4. The van der Waals surface area contributed by atoms with Gasteiger partial charge in [-0.2, -0.15) is 0 Å². The summed E-state index contributed by atoms with van der Waals surface area (Å²) in [6.45, 7) is 6.69. The second kappa shape index (κ2) is 39.7. The molecule has 5 nitrogen and oxygen atoms in total. The quantitative estimate of drug-likeness (QED) is 0.0510.